The molecule has 0 amide bonds. The Morgan fingerprint density at radius 1 is 1.29 bits per heavy atom. The fraction of sp³-hybridized carbons (Fsp3) is 0.600. The largest absolute Gasteiger partial charge is 0.398 e. The lowest BCUT2D eigenvalue weighted by Crippen LogP contribution is -2.42. The smallest absolute Gasteiger partial charge is 0.243 e. The second-order valence-electron chi connectivity index (χ2n) is 6.12. The van der Waals surface area contributed by atoms with E-state index in [1.807, 2.05) is 0 Å². The normalized spacial score (nSPS) is 18.3. The number of rotatable bonds is 4. The zero-order valence-electron chi connectivity index (χ0n) is 12.9. The fourth-order valence-electron chi connectivity index (χ4n) is 3.09. The first-order valence-corrected chi connectivity index (χ1v) is 8.66. The Hall–Kier alpha value is -1.11. The fourth-order valence-corrected chi connectivity index (χ4v) is 4.79. The molecule has 21 heavy (non-hydrogen) atoms. The van der Waals surface area contributed by atoms with Crippen LogP contribution in [0.15, 0.2) is 17.0 Å². The summed E-state index contributed by atoms with van der Waals surface area (Å²) in [6.07, 6.45) is 3.20. The summed E-state index contributed by atoms with van der Waals surface area (Å²) in [6, 6.07) is 3.43. The zero-order chi connectivity index (χ0) is 15.8. The lowest BCUT2D eigenvalue weighted by molar-refractivity contribution is 0.0333. The van der Waals surface area contributed by atoms with Crippen LogP contribution in [0.1, 0.15) is 36.8 Å². The molecule has 0 unspecified atom stereocenters. The highest BCUT2D eigenvalue weighted by molar-refractivity contribution is 7.89. The van der Waals surface area contributed by atoms with E-state index in [4.69, 9.17) is 5.73 Å². The number of hydrogen-bond acceptors (Lipinski definition) is 4. The monoisotopic (exact) mass is 312 g/mol. The van der Waals surface area contributed by atoms with E-state index in [9.17, 15) is 13.5 Å². The maximum absolute atomic E-state index is 12.8. The zero-order valence-corrected chi connectivity index (χ0v) is 13.7. The third-order valence-electron chi connectivity index (χ3n) is 4.36. The molecule has 0 aliphatic heterocycles. The average Bonchev–Trinajstić information content (AvgIpc) is 2.80. The predicted molar refractivity (Wildman–Crippen MR) is 83.6 cm³/mol. The van der Waals surface area contributed by atoms with E-state index in [0.29, 0.717) is 29.7 Å². The summed E-state index contributed by atoms with van der Waals surface area (Å²) in [6.45, 7) is 3.60. The number of nitrogen functional groups attached to an aromatic ring is 1. The van der Waals surface area contributed by atoms with Crippen molar-refractivity contribution < 1.29 is 13.5 Å². The Kier molecular flexibility index (Phi) is 4.33. The number of hydrogen-bond donors (Lipinski definition) is 2. The van der Waals surface area contributed by atoms with E-state index in [-0.39, 0.29) is 11.4 Å². The van der Waals surface area contributed by atoms with Gasteiger partial charge in [-0.2, -0.15) is 4.31 Å². The van der Waals surface area contributed by atoms with Crippen molar-refractivity contribution >= 4 is 15.7 Å². The van der Waals surface area contributed by atoms with Gasteiger partial charge in [-0.1, -0.05) is 18.9 Å². The molecular formula is C15H24N2O3S. The van der Waals surface area contributed by atoms with Crippen LogP contribution < -0.4 is 5.73 Å². The summed E-state index contributed by atoms with van der Waals surface area (Å²) in [7, 11) is -2.13. The Morgan fingerprint density at radius 3 is 2.43 bits per heavy atom. The molecule has 118 valence electrons. The Morgan fingerprint density at radius 2 is 1.86 bits per heavy atom. The van der Waals surface area contributed by atoms with Gasteiger partial charge in [0.15, 0.2) is 0 Å². The SMILES string of the molecule is Cc1ccc(N)c(C)c1S(=O)(=O)N(C)CC1(O)CCCC1. The second kappa shape index (κ2) is 5.59. The van der Waals surface area contributed by atoms with E-state index in [0.717, 1.165) is 12.8 Å². The molecule has 0 aromatic heterocycles. The summed E-state index contributed by atoms with van der Waals surface area (Å²) in [4.78, 5) is 0.256. The molecule has 0 heterocycles. The molecule has 0 spiro atoms. The molecule has 1 aromatic carbocycles. The molecule has 1 aliphatic carbocycles. The van der Waals surface area contributed by atoms with Crippen molar-refractivity contribution in [3.8, 4) is 0 Å². The minimum absolute atomic E-state index is 0.128. The highest BCUT2D eigenvalue weighted by Crippen LogP contribution is 2.33. The molecule has 0 bridgehead atoms. The summed E-state index contributed by atoms with van der Waals surface area (Å²) in [5.41, 5.74) is 6.65. The summed E-state index contributed by atoms with van der Waals surface area (Å²) in [5, 5.41) is 10.4. The molecule has 3 N–H and O–H groups in total. The number of aryl methyl sites for hydroxylation is 1. The number of likely N-dealkylation sites (N-methyl/N-ethyl adjacent to an activating group) is 1. The van der Waals surface area contributed by atoms with Gasteiger partial charge in [0.1, 0.15) is 0 Å². The van der Waals surface area contributed by atoms with E-state index in [1.165, 1.54) is 11.4 Å². The van der Waals surface area contributed by atoms with Gasteiger partial charge in [-0.05, 0) is 43.9 Å². The Bertz CT molecular complexity index is 635. The number of anilines is 1. The van der Waals surface area contributed by atoms with E-state index in [2.05, 4.69) is 0 Å². The van der Waals surface area contributed by atoms with E-state index >= 15 is 0 Å². The lowest BCUT2D eigenvalue weighted by Gasteiger charge is -2.29. The molecule has 1 fully saturated rings. The lowest BCUT2D eigenvalue weighted by atomic mass is 10.0. The van der Waals surface area contributed by atoms with Crippen molar-refractivity contribution in [2.24, 2.45) is 0 Å². The van der Waals surface area contributed by atoms with Crippen LogP contribution in [0.2, 0.25) is 0 Å². The van der Waals surface area contributed by atoms with Crippen molar-refractivity contribution in [2.45, 2.75) is 50.0 Å². The van der Waals surface area contributed by atoms with E-state index in [1.54, 1.807) is 26.0 Å². The van der Waals surface area contributed by atoms with Gasteiger partial charge in [0.05, 0.1) is 10.5 Å². The van der Waals surface area contributed by atoms with Crippen molar-refractivity contribution in [1.29, 1.82) is 0 Å². The van der Waals surface area contributed by atoms with Gasteiger partial charge in [-0.15, -0.1) is 0 Å². The van der Waals surface area contributed by atoms with Crippen LogP contribution in [0.3, 0.4) is 0 Å². The molecular weight excluding hydrogens is 288 g/mol. The first kappa shape index (κ1) is 16.3. The average molecular weight is 312 g/mol. The topological polar surface area (TPSA) is 83.6 Å². The van der Waals surface area contributed by atoms with Gasteiger partial charge in [0.25, 0.3) is 0 Å². The molecule has 0 saturated heterocycles. The molecule has 1 saturated carbocycles. The second-order valence-corrected chi connectivity index (χ2v) is 8.10. The minimum Gasteiger partial charge on any atom is -0.398 e. The van der Waals surface area contributed by atoms with Crippen LogP contribution >= 0.6 is 0 Å². The maximum Gasteiger partial charge on any atom is 0.243 e. The van der Waals surface area contributed by atoms with Gasteiger partial charge >= 0.3 is 0 Å². The molecule has 2 rings (SSSR count). The van der Waals surface area contributed by atoms with Gasteiger partial charge < -0.3 is 10.8 Å². The van der Waals surface area contributed by atoms with Crippen molar-refractivity contribution in [2.75, 3.05) is 19.3 Å². The van der Waals surface area contributed by atoms with Crippen LogP contribution in [-0.4, -0.2) is 37.0 Å². The molecule has 0 atom stereocenters. The summed E-state index contributed by atoms with van der Waals surface area (Å²) >= 11 is 0. The van der Waals surface area contributed by atoms with Crippen LogP contribution in [0, 0.1) is 13.8 Å². The third kappa shape index (κ3) is 3.07. The summed E-state index contributed by atoms with van der Waals surface area (Å²) < 4.78 is 26.9. The van der Waals surface area contributed by atoms with Crippen molar-refractivity contribution in [3.63, 3.8) is 0 Å². The van der Waals surface area contributed by atoms with Crippen LogP contribution in [0.5, 0.6) is 0 Å². The number of benzene rings is 1. The van der Waals surface area contributed by atoms with Gasteiger partial charge in [-0.3, -0.25) is 0 Å². The maximum atomic E-state index is 12.8. The number of nitrogens with two attached hydrogens (primary N) is 1. The van der Waals surface area contributed by atoms with E-state index < -0.39 is 15.6 Å². The summed E-state index contributed by atoms with van der Waals surface area (Å²) in [5.74, 6) is 0. The molecule has 6 heteroatoms. The number of nitrogens with zero attached hydrogens (tertiary/aromatic N) is 1. The van der Waals surface area contributed by atoms with Crippen LogP contribution in [0.4, 0.5) is 5.69 Å². The van der Waals surface area contributed by atoms with Crippen LogP contribution in [0.25, 0.3) is 0 Å². The van der Waals surface area contributed by atoms with Gasteiger partial charge in [-0.25, -0.2) is 8.42 Å². The number of sulfonamides is 1. The molecule has 1 aromatic rings. The van der Waals surface area contributed by atoms with Crippen molar-refractivity contribution in [3.05, 3.63) is 23.3 Å². The third-order valence-corrected chi connectivity index (χ3v) is 6.46. The predicted octanol–water partition coefficient (Wildman–Crippen LogP) is 1.81. The first-order chi connectivity index (χ1) is 9.67. The standard InChI is InChI=1S/C15H24N2O3S/c1-11-6-7-13(16)12(2)14(11)21(19,20)17(3)10-15(18)8-4-5-9-15/h6-7,18H,4-5,8-10,16H2,1-3H3. The number of aliphatic hydroxyl groups is 1. The molecule has 5 nitrogen and oxygen atoms in total. The minimum atomic E-state index is -3.66. The Labute approximate surface area is 126 Å². The first-order valence-electron chi connectivity index (χ1n) is 7.22. The van der Waals surface area contributed by atoms with Gasteiger partial charge in [0, 0.05) is 19.3 Å². The molecule has 0 radical (unpaired) electrons. The quantitative estimate of drug-likeness (QED) is 0.831. The van der Waals surface area contributed by atoms with Gasteiger partial charge in [0.2, 0.25) is 10.0 Å². The Balaban J connectivity index is 2.36. The van der Waals surface area contributed by atoms with Crippen molar-refractivity contribution in [1.82, 2.24) is 4.31 Å². The van der Waals surface area contributed by atoms with Crippen LogP contribution in [-0.2, 0) is 10.0 Å². The highest BCUT2D eigenvalue weighted by atomic mass is 32.2. The molecule has 1 aliphatic rings. The highest BCUT2D eigenvalue weighted by Gasteiger charge is 2.36.